The molecule has 21 heavy (non-hydrogen) atoms. The van der Waals surface area contributed by atoms with Crippen molar-refractivity contribution in [2.24, 2.45) is 0 Å². The Labute approximate surface area is 126 Å². The number of rotatable bonds is 6. The molecule has 0 heterocycles. The molecule has 0 unspecified atom stereocenters. The van der Waals surface area contributed by atoms with E-state index in [9.17, 15) is 4.39 Å². The molecule has 112 valence electrons. The summed E-state index contributed by atoms with van der Waals surface area (Å²) in [6, 6.07) is 15.3. The number of hydrogen-bond acceptors (Lipinski definition) is 2. The van der Waals surface area contributed by atoms with Gasteiger partial charge in [0, 0.05) is 30.1 Å². The van der Waals surface area contributed by atoms with Gasteiger partial charge in [0.25, 0.3) is 0 Å². The second kappa shape index (κ2) is 6.72. The van der Waals surface area contributed by atoms with Crippen LogP contribution < -0.4 is 10.1 Å². The van der Waals surface area contributed by atoms with Crippen LogP contribution in [0.3, 0.4) is 0 Å². The van der Waals surface area contributed by atoms with Gasteiger partial charge < -0.3 is 10.1 Å². The Morgan fingerprint density at radius 2 is 1.81 bits per heavy atom. The predicted molar refractivity (Wildman–Crippen MR) is 84.1 cm³/mol. The van der Waals surface area contributed by atoms with Crippen molar-refractivity contribution >= 4 is 0 Å². The molecule has 1 N–H and O–H groups in total. The Bertz CT molecular complexity index is 581. The fraction of sp³-hybridized carbons (Fsp3) is 0.333. The van der Waals surface area contributed by atoms with Crippen LogP contribution in [0.15, 0.2) is 48.5 Å². The maximum Gasteiger partial charge on any atom is 0.131 e. The second-order valence-corrected chi connectivity index (χ2v) is 5.81. The van der Waals surface area contributed by atoms with Gasteiger partial charge in [0.2, 0.25) is 0 Å². The van der Waals surface area contributed by atoms with E-state index in [4.69, 9.17) is 4.74 Å². The smallest absolute Gasteiger partial charge is 0.131 e. The van der Waals surface area contributed by atoms with E-state index < -0.39 is 0 Å². The summed E-state index contributed by atoms with van der Waals surface area (Å²) >= 11 is 0. The predicted octanol–water partition coefficient (Wildman–Crippen LogP) is 3.90. The molecule has 0 saturated carbocycles. The highest BCUT2D eigenvalue weighted by molar-refractivity contribution is 5.29. The van der Waals surface area contributed by atoms with Crippen LogP contribution in [0.25, 0.3) is 0 Å². The summed E-state index contributed by atoms with van der Waals surface area (Å²) in [4.78, 5) is 0. The normalized spacial score (nSPS) is 11.4. The SMILES string of the molecule is COc1ccc(CNCC(C)(C)c2ccccc2)c(F)c1. The molecule has 0 saturated heterocycles. The Balaban J connectivity index is 1.95. The van der Waals surface area contributed by atoms with Crippen molar-refractivity contribution in [3.63, 3.8) is 0 Å². The first-order chi connectivity index (χ1) is 10.0. The van der Waals surface area contributed by atoms with Gasteiger partial charge >= 0.3 is 0 Å². The number of benzene rings is 2. The van der Waals surface area contributed by atoms with Gasteiger partial charge in [-0.2, -0.15) is 0 Å². The molecule has 0 aliphatic heterocycles. The van der Waals surface area contributed by atoms with Crippen LogP contribution in [0.4, 0.5) is 4.39 Å². The van der Waals surface area contributed by atoms with Crippen LogP contribution in [0, 0.1) is 5.82 Å². The van der Waals surface area contributed by atoms with Crippen molar-refractivity contribution in [2.75, 3.05) is 13.7 Å². The highest BCUT2D eigenvalue weighted by atomic mass is 19.1. The fourth-order valence-electron chi connectivity index (χ4n) is 2.30. The van der Waals surface area contributed by atoms with Crippen molar-refractivity contribution in [1.82, 2.24) is 5.32 Å². The number of halogens is 1. The molecule has 0 aliphatic rings. The average Bonchev–Trinajstić information content (AvgIpc) is 2.49. The number of nitrogens with one attached hydrogen (secondary N) is 1. The minimum Gasteiger partial charge on any atom is -0.497 e. The maximum absolute atomic E-state index is 13.9. The van der Waals surface area contributed by atoms with Crippen molar-refractivity contribution in [2.45, 2.75) is 25.8 Å². The molecule has 0 atom stereocenters. The summed E-state index contributed by atoms with van der Waals surface area (Å²) in [5.41, 5.74) is 1.93. The lowest BCUT2D eigenvalue weighted by atomic mass is 9.84. The lowest BCUT2D eigenvalue weighted by molar-refractivity contribution is 0.410. The van der Waals surface area contributed by atoms with Gasteiger partial charge in [0.05, 0.1) is 7.11 Å². The molecule has 0 spiro atoms. The third kappa shape index (κ3) is 4.05. The van der Waals surface area contributed by atoms with Crippen molar-refractivity contribution in [3.05, 3.63) is 65.5 Å². The molecule has 2 nitrogen and oxygen atoms in total. The summed E-state index contributed by atoms with van der Waals surface area (Å²) in [7, 11) is 1.54. The summed E-state index contributed by atoms with van der Waals surface area (Å²) < 4.78 is 18.9. The quantitative estimate of drug-likeness (QED) is 0.870. The van der Waals surface area contributed by atoms with Gasteiger partial charge in [-0.05, 0) is 11.6 Å². The van der Waals surface area contributed by atoms with E-state index in [2.05, 4.69) is 31.3 Å². The largest absolute Gasteiger partial charge is 0.497 e. The zero-order chi connectivity index (χ0) is 15.3. The van der Waals surface area contributed by atoms with E-state index >= 15 is 0 Å². The van der Waals surface area contributed by atoms with Crippen molar-refractivity contribution in [3.8, 4) is 5.75 Å². The van der Waals surface area contributed by atoms with E-state index in [0.717, 1.165) is 6.54 Å². The Hall–Kier alpha value is -1.87. The maximum atomic E-state index is 13.9. The van der Waals surface area contributed by atoms with Crippen LogP contribution in [-0.4, -0.2) is 13.7 Å². The standard InChI is InChI=1S/C18H22FNO/c1-18(2,15-7-5-4-6-8-15)13-20-12-14-9-10-16(21-3)11-17(14)19/h4-11,20H,12-13H2,1-3H3. The lowest BCUT2D eigenvalue weighted by Gasteiger charge is -2.26. The number of hydrogen-bond donors (Lipinski definition) is 1. The van der Waals surface area contributed by atoms with E-state index in [1.807, 2.05) is 18.2 Å². The highest BCUT2D eigenvalue weighted by Crippen LogP contribution is 2.22. The van der Waals surface area contributed by atoms with Crippen LogP contribution in [0.1, 0.15) is 25.0 Å². The monoisotopic (exact) mass is 287 g/mol. The van der Waals surface area contributed by atoms with Gasteiger partial charge in [-0.15, -0.1) is 0 Å². The summed E-state index contributed by atoms with van der Waals surface area (Å²) in [5, 5.41) is 3.34. The molecular formula is C18H22FNO. The molecular weight excluding hydrogens is 265 g/mol. The molecule has 0 amide bonds. The molecule has 2 aromatic carbocycles. The third-order valence-electron chi connectivity index (χ3n) is 3.70. The first kappa shape index (κ1) is 15.5. The lowest BCUT2D eigenvalue weighted by Crippen LogP contribution is -2.32. The fourth-order valence-corrected chi connectivity index (χ4v) is 2.30. The average molecular weight is 287 g/mol. The number of ether oxygens (including phenoxy) is 1. The molecule has 0 bridgehead atoms. The van der Waals surface area contributed by atoms with E-state index in [0.29, 0.717) is 17.9 Å². The molecule has 2 rings (SSSR count). The minimum absolute atomic E-state index is 0.00417. The Kier molecular flexibility index (Phi) is 4.97. The zero-order valence-corrected chi connectivity index (χ0v) is 12.8. The van der Waals surface area contributed by atoms with Crippen molar-refractivity contribution < 1.29 is 9.13 Å². The summed E-state index contributed by atoms with van der Waals surface area (Å²) in [5.74, 6) is 0.306. The van der Waals surface area contributed by atoms with E-state index in [1.165, 1.54) is 18.7 Å². The first-order valence-corrected chi connectivity index (χ1v) is 7.11. The summed E-state index contributed by atoms with van der Waals surface area (Å²) in [6.07, 6.45) is 0. The Morgan fingerprint density at radius 1 is 1.10 bits per heavy atom. The first-order valence-electron chi connectivity index (χ1n) is 7.11. The molecule has 0 radical (unpaired) electrons. The zero-order valence-electron chi connectivity index (χ0n) is 12.8. The van der Waals surface area contributed by atoms with Gasteiger partial charge in [-0.3, -0.25) is 0 Å². The van der Waals surface area contributed by atoms with Gasteiger partial charge in [0.1, 0.15) is 11.6 Å². The van der Waals surface area contributed by atoms with Crippen LogP contribution in [-0.2, 0) is 12.0 Å². The van der Waals surface area contributed by atoms with Gasteiger partial charge in [0.15, 0.2) is 0 Å². The summed E-state index contributed by atoms with van der Waals surface area (Å²) in [6.45, 7) is 5.65. The molecule has 0 aliphatic carbocycles. The van der Waals surface area contributed by atoms with Crippen LogP contribution >= 0.6 is 0 Å². The Morgan fingerprint density at radius 3 is 2.43 bits per heavy atom. The van der Waals surface area contributed by atoms with Gasteiger partial charge in [-0.25, -0.2) is 4.39 Å². The topological polar surface area (TPSA) is 21.3 Å². The second-order valence-electron chi connectivity index (χ2n) is 5.81. The van der Waals surface area contributed by atoms with Gasteiger partial charge in [-0.1, -0.05) is 50.2 Å². The molecule has 0 fully saturated rings. The molecule has 2 aromatic rings. The molecule has 0 aromatic heterocycles. The molecule has 3 heteroatoms. The third-order valence-corrected chi connectivity index (χ3v) is 3.70. The highest BCUT2D eigenvalue weighted by Gasteiger charge is 2.19. The van der Waals surface area contributed by atoms with E-state index in [-0.39, 0.29) is 11.2 Å². The van der Waals surface area contributed by atoms with Crippen LogP contribution in [0.5, 0.6) is 5.75 Å². The van der Waals surface area contributed by atoms with E-state index in [1.54, 1.807) is 12.1 Å². The number of methoxy groups -OCH3 is 1. The minimum atomic E-state index is -0.237. The van der Waals surface area contributed by atoms with Crippen molar-refractivity contribution in [1.29, 1.82) is 0 Å². The van der Waals surface area contributed by atoms with Crippen LogP contribution in [0.2, 0.25) is 0 Å².